The molecule has 2 amide bonds. The second-order valence-corrected chi connectivity index (χ2v) is 4.93. The number of hydrogen-bond donors (Lipinski definition) is 3. The second kappa shape index (κ2) is 7.42. The first-order valence-electron chi connectivity index (χ1n) is 5.74. The SMILES string of the molecule is CC(=O)NNC(=O)CN[C@@H](C)c1cc(F)c(Cl)cc1Cl. The van der Waals surface area contributed by atoms with Gasteiger partial charge in [0, 0.05) is 18.0 Å². The van der Waals surface area contributed by atoms with Crippen molar-refractivity contribution in [3.8, 4) is 0 Å². The Morgan fingerprint density at radius 2 is 1.90 bits per heavy atom. The van der Waals surface area contributed by atoms with Crippen molar-refractivity contribution in [2.24, 2.45) is 0 Å². The van der Waals surface area contributed by atoms with Gasteiger partial charge in [-0.05, 0) is 24.6 Å². The first kappa shape index (κ1) is 16.7. The van der Waals surface area contributed by atoms with E-state index < -0.39 is 11.7 Å². The zero-order valence-corrected chi connectivity index (χ0v) is 12.4. The molecule has 0 fully saturated rings. The van der Waals surface area contributed by atoms with Gasteiger partial charge in [-0.2, -0.15) is 0 Å². The lowest BCUT2D eigenvalue weighted by Gasteiger charge is -2.16. The van der Waals surface area contributed by atoms with Gasteiger partial charge in [0.2, 0.25) is 5.91 Å². The van der Waals surface area contributed by atoms with Crippen molar-refractivity contribution in [3.63, 3.8) is 0 Å². The number of carbonyl (C=O) groups excluding carboxylic acids is 2. The third kappa shape index (κ3) is 4.96. The molecule has 0 spiro atoms. The van der Waals surface area contributed by atoms with Gasteiger partial charge >= 0.3 is 0 Å². The summed E-state index contributed by atoms with van der Waals surface area (Å²) in [5, 5.41) is 3.10. The lowest BCUT2D eigenvalue weighted by molar-refractivity contribution is -0.127. The van der Waals surface area contributed by atoms with E-state index in [-0.39, 0.29) is 23.5 Å². The largest absolute Gasteiger partial charge is 0.302 e. The Hall–Kier alpha value is -1.37. The normalized spacial score (nSPS) is 11.8. The summed E-state index contributed by atoms with van der Waals surface area (Å²) in [6, 6.07) is 2.16. The third-order valence-corrected chi connectivity index (χ3v) is 3.07. The van der Waals surface area contributed by atoms with Crippen molar-refractivity contribution >= 4 is 35.0 Å². The van der Waals surface area contributed by atoms with Crippen LogP contribution in [0.2, 0.25) is 10.0 Å². The Morgan fingerprint density at radius 1 is 1.25 bits per heavy atom. The van der Waals surface area contributed by atoms with Gasteiger partial charge < -0.3 is 5.32 Å². The lowest BCUT2D eigenvalue weighted by atomic mass is 10.1. The van der Waals surface area contributed by atoms with Gasteiger partial charge in [-0.1, -0.05) is 23.2 Å². The Morgan fingerprint density at radius 3 is 2.50 bits per heavy atom. The van der Waals surface area contributed by atoms with E-state index in [4.69, 9.17) is 23.2 Å². The predicted octanol–water partition coefficient (Wildman–Crippen LogP) is 1.95. The summed E-state index contributed by atoms with van der Waals surface area (Å²) in [4.78, 5) is 22.0. The summed E-state index contributed by atoms with van der Waals surface area (Å²) >= 11 is 11.6. The van der Waals surface area contributed by atoms with Crippen molar-refractivity contribution in [3.05, 3.63) is 33.6 Å². The van der Waals surface area contributed by atoms with Gasteiger partial charge in [0.15, 0.2) is 0 Å². The maximum absolute atomic E-state index is 13.4. The van der Waals surface area contributed by atoms with Gasteiger partial charge in [-0.25, -0.2) is 4.39 Å². The highest BCUT2D eigenvalue weighted by Gasteiger charge is 2.14. The third-order valence-electron chi connectivity index (χ3n) is 2.45. The summed E-state index contributed by atoms with van der Waals surface area (Å²) < 4.78 is 13.4. The smallest absolute Gasteiger partial charge is 0.252 e. The molecule has 1 rings (SSSR count). The van der Waals surface area contributed by atoms with Gasteiger partial charge in [0.05, 0.1) is 11.6 Å². The van der Waals surface area contributed by atoms with Crippen molar-refractivity contribution in [2.75, 3.05) is 6.54 Å². The van der Waals surface area contributed by atoms with Crippen molar-refractivity contribution in [1.29, 1.82) is 0 Å². The fraction of sp³-hybridized carbons (Fsp3) is 0.333. The van der Waals surface area contributed by atoms with Gasteiger partial charge in [0.1, 0.15) is 5.82 Å². The fourth-order valence-corrected chi connectivity index (χ4v) is 1.97. The minimum Gasteiger partial charge on any atom is -0.302 e. The van der Waals surface area contributed by atoms with E-state index in [1.54, 1.807) is 6.92 Å². The van der Waals surface area contributed by atoms with Crippen LogP contribution >= 0.6 is 23.2 Å². The van der Waals surface area contributed by atoms with Crippen LogP contribution in [0.15, 0.2) is 12.1 Å². The minimum atomic E-state index is -0.581. The molecular weight excluding hydrogens is 308 g/mol. The molecule has 110 valence electrons. The highest BCUT2D eigenvalue weighted by molar-refractivity contribution is 6.35. The molecule has 0 aliphatic heterocycles. The van der Waals surface area contributed by atoms with Gasteiger partial charge in [-0.15, -0.1) is 0 Å². The van der Waals surface area contributed by atoms with Crippen LogP contribution in [-0.4, -0.2) is 18.4 Å². The summed E-state index contributed by atoms with van der Waals surface area (Å²) in [5.41, 5.74) is 4.84. The molecule has 8 heteroatoms. The van der Waals surface area contributed by atoms with Crippen LogP contribution < -0.4 is 16.2 Å². The number of hydrazine groups is 1. The standard InChI is InChI=1S/C12H14Cl2FN3O2/c1-6(16-5-12(20)18-17-7(2)19)8-3-11(15)10(14)4-9(8)13/h3-4,6,16H,5H2,1-2H3,(H,17,19)(H,18,20)/t6-/m0/s1. The van der Waals surface area contributed by atoms with E-state index in [1.165, 1.54) is 19.1 Å². The summed E-state index contributed by atoms with van der Waals surface area (Å²) in [6.45, 7) is 2.93. The Bertz CT molecular complexity index is 526. The number of rotatable bonds is 4. The van der Waals surface area contributed by atoms with E-state index in [9.17, 15) is 14.0 Å². The van der Waals surface area contributed by atoms with E-state index in [0.29, 0.717) is 10.6 Å². The summed E-state index contributed by atoms with van der Waals surface area (Å²) in [6.07, 6.45) is 0. The van der Waals surface area contributed by atoms with Crippen molar-refractivity contribution < 1.29 is 14.0 Å². The number of carbonyl (C=O) groups is 2. The van der Waals surface area contributed by atoms with Crippen LogP contribution in [0.25, 0.3) is 0 Å². The molecule has 0 aromatic heterocycles. The quantitative estimate of drug-likeness (QED) is 0.586. The van der Waals surface area contributed by atoms with Crippen molar-refractivity contribution in [1.82, 2.24) is 16.2 Å². The minimum absolute atomic E-state index is 0.0608. The van der Waals surface area contributed by atoms with Crippen LogP contribution in [0.3, 0.4) is 0 Å². The molecule has 1 aromatic rings. The van der Waals surface area contributed by atoms with E-state index in [2.05, 4.69) is 16.2 Å². The topological polar surface area (TPSA) is 70.2 Å². The first-order chi connectivity index (χ1) is 9.31. The van der Waals surface area contributed by atoms with Crippen LogP contribution in [0.4, 0.5) is 4.39 Å². The maximum Gasteiger partial charge on any atom is 0.252 e. The number of hydrogen-bond acceptors (Lipinski definition) is 3. The summed E-state index contributed by atoms with van der Waals surface area (Å²) in [5.74, 6) is -1.39. The van der Waals surface area contributed by atoms with Gasteiger partial charge in [0.25, 0.3) is 5.91 Å². The Kier molecular flexibility index (Phi) is 6.19. The first-order valence-corrected chi connectivity index (χ1v) is 6.50. The van der Waals surface area contributed by atoms with E-state index >= 15 is 0 Å². The molecule has 0 bridgehead atoms. The zero-order chi connectivity index (χ0) is 15.3. The van der Waals surface area contributed by atoms with Crippen LogP contribution in [0.5, 0.6) is 0 Å². The van der Waals surface area contributed by atoms with Crippen LogP contribution in [-0.2, 0) is 9.59 Å². The maximum atomic E-state index is 13.4. The number of benzene rings is 1. The molecule has 20 heavy (non-hydrogen) atoms. The van der Waals surface area contributed by atoms with Crippen molar-refractivity contribution in [2.45, 2.75) is 19.9 Å². The van der Waals surface area contributed by atoms with E-state index in [1.807, 2.05) is 0 Å². The summed E-state index contributed by atoms with van der Waals surface area (Å²) in [7, 11) is 0. The highest BCUT2D eigenvalue weighted by Crippen LogP contribution is 2.28. The monoisotopic (exact) mass is 321 g/mol. The number of halogens is 3. The Labute approximate surface area is 125 Å². The molecule has 0 aliphatic carbocycles. The molecule has 0 heterocycles. The predicted molar refractivity (Wildman–Crippen MR) is 74.8 cm³/mol. The molecule has 1 aromatic carbocycles. The molecule has 0 saturated carbocycles. The zero-order valence-electron chi connectivity index (χ0n) is 10.9. The molecule has 0 saturated heterocycles. The average Bonchev–Trinajstić information content (AvgIpc) is 2.37. The molecule has 3 N–H and O–H groups in total. The van der Waals surface area contributed by atoms with Crippen LogP contribution in [0.1, 0.15) is 25.5 Å². The molecular formula is C12H14Cl2FN3O2. The average molecular weight is 322 g/mol. The van der Waals surface area contributed by atoms with E-state index in [0.717, 1.165) is 0 Å². The second-order valence-electron chi connectivity index (χ2n) is 4.12. The highest BCUT2D eigenvalue weighted by atomic mass is 35.5. The molecule has 0 aliphatic rings. The lowest BCUT2D eigenvalue weighted by Crippen LogP contribution is -2.44. The molecule has 0 radical (unpaired) electrons. The molecule has 1 atom stereocenters. The molecule has 0 unspecified atom stereocenters. The number of nitrogens with one attached hydrogen (secondary N) is 3. The molecule has 5 nitrogen and oxygen atoms in total. The number of amides is 2. The van der Waals surface area contributed by atoms with Crippen LogP contribution in [0, 0.1) is 5.82 Å². The Balaban J connectivity index is 2.59. The van der Waals surface area contributed by atoms with Gasteiger partial charge in [-0.3, -0.25) is 20.4 Å². The fourth-order valence-electron chi connectivity index (χ4n) is 1.43.